The Kier molecular flexibility index (Phi) is 6.41. The van der Waals surface area contributed by atoms with Gasteiger partial charge in [-0.05, 0) is 54.8 Å². The summed E-state index contributed by atoms with van der Waals surface area (Å²) in [6, 6.07) is 15.5. The SMILES string of the molecule is O=C(Nc1ccccc1Cn1cccn1)C1CCCN(S(=O)(=O)c2ccc(Cl)cc2)C1. The van der Waals surface area contributed by atoms with Crippen LogP contribution in [0, 0.1) is 5.92 Å². The number of sulfonamides is 1. The summed E-state index contributed by atoms with van der Waals surface area (Å²) in [5, 5.41) is 7.68. The Morgan fingerprint density at radius 2 is 1.90 bits per heavy atom. The Labute approximate surface area is 186 Å². The van der Waals surface area contributed by atoms with E-state index in [0.717, 1.165) is 5.56 Å². The van der Waals surface area contributed by atoms with Gasteiger partial charge in [-0.2, -0.15) is 9.40 Å². The highest BCUT2D eigenvalue weighted by atomic mass is 35.5. The van der Waals surface area contributed by atoms with E-state index in [-0.39, 0.29) is 17.3 Å². The van der Waals surface area contributed by atoms with Crippen LogP contribution in [0.3, 0.4) is 0 Å². The predicted molar refractivity (Wildman–Crippen MR) is 119 cm³/mol. The number of nitrogens with one attached hydrogen (secondary N) is 1. The molecule has 1 amide bonds. The maximum atomic E-state index is 13.0. The number of anilines is 1. The summed E-state index contributed by atoms with van der Waals surface area (Å²) in [4.78, 5) is 13.2. The van der Waals surface area contributed by atoms with Crippen molar-refractivity contribution in [1.82, 2.24) is 14.1 Å². The molecule has 1 N–H and O–H groups in total. The summed E-state index contributed by atoms with van der Waals surface area (Å²) in [5.41, 5.74) is 1.64. The van der Waals surface area contributed by atoms with Crippen LogP contribution in [0.1, 0.15) is 18.4 Å². The van der Waals surface area contributed by atoms with Crippen LogP contribution < -0.4 is 5.32 Å². The summed E-state index contributed by atoms with van der Waals surface area (Å²) in [7, 11) is -3.68. The number of piperidine rings is 1. The van der Waals surface area contributed by atoms with E-state index in [1.54, 1.807) is 23.0 Å². The van der Waals surface area contributed by atoms with Crippen LogP contribution in [0.2, 0.25) is 5.02 Å². The molecular weight excluding hydrogens is 436 g/mol. The molecule has 162 valence electrons. The standard InChI is InChI=1S/C22H23ClN4O3S/c23-19-8-10-20(11-9-19)31(29,30)27-14-3-6-18(16-27)22(28)25-21-7-2-1-5-17(21)15-26-13-4-12-24-26/h1-2,4-5,7-13,18H,3,6,14-16H2,(H,25,28). The van der Waals surface area contributed by atoms with E-state index in [0.29, 0.717) is 36.6 Å². The number of para-hydroxylation sites is 1. The molecule has 9 heteroatoms. The minimum atomic E-state index is -3.68. The molecule has 2 aromatic carbocycles. The van der Waals surface area contributed by atoms with Crippen molar-refractivity contribution < 1.29 is 13.2 Å². The minimum Gasteiger partial charge on any atom is -0.325 e. The van der Waals surface area contributed by atoms with Crippen molar-refractivity contribution in [3.05, 3.63) is 77.6 Å². The second-order valence-corrected chi connectivity index (χ2v) is 9.88. The monoisotopic (exact) mass is 458 g/mol. The Morgan fingerprint density at radius 3 is 2.65 bits per heavy atom. The molecular formula is C22H23ClN4O3S. The zero-order valence-corrected chi connectivity index (χ0v) is 18.4. The molecule has 1 fully saturated rings. The number of amides is 1. The first kappa shape index (κ1) is 21.5. The first-order chi connectivity index (χ1) is 14.9. The van der Waals surface area contributed by atoms with Crippen LogP contribution in [0.4, 0.5) is 5.69 Å². The summed E-state index contributed by atoms with van der Waals surface area (Å²) in [6.07, 6.45) is 4.83. The number of hydrogen-bond donors (Lipinski definition) is 1. The number of carbonyl (C=O) groups excluding carboxylic acids is 1. The quantitative estimate of drug-likeness (QED) is 0.611. The Morgan fingerprint density at radius 1 is 1.13 bits per heavy atom. The maximum Gasteiger partial charge on any atom is 0.243 e. The van der Waals surface area contributed by atoms with Gasteiger partial charge in [0.05, 0.1) is 17.4 Å². The third-order valence-corrected chi connectivity index (χ3v) is 7.50. The fourth-order valence-corrected chi connectivity index (χ4v) is 5.36. The van der Waals surface area contributed by atoms with E-state index in [1.165, 1.54) is 16.4 Å². The van der Waals surface area contributed by atoms with Crippen LogP contribution in [0.25, 0.3) is 0 Å². The van der Waals surface area contributed by atoms with Crippen molar-refractivity contribution in [2.24, 2.45) is 5.92 Å². The highest BCUT2D eigenvalue weighted by Crippen LogP contribution is 2.26. The van der Waals surface area contributed by atoms with E-state index in [2.05, 4.69) is 10.4 Å². The van der Waals surface area contributed by atoms with Crippen molar-refractivity contribution in [1.29, 1.82) is 0 Å². The molecule has 7 nitrogen and oxygen atoms in total. The van der Waals surface area contributed by atoms with Crippen molar-refractivity contribution in [2.45, 2.75) is 24.3 Å². The van der Waals surface area contributed by atoms with E-state index in [9.17, 15) is 13.2 Å². The molecule has 2 heterocycles. The molecule has 0 bridgehead atoms. The van der Waals surface area contributed by atoms with Gasteiger partial charge in [0.1, 0.15) is 0 Å². The normalized spacial score (nSPS) is 17.4. The zero-order chi connectivity index (χ0) is 21.8. The van der Waals surface area contributed by atoms with E-state index in [1.807, 2.05) is 36.5 Å². The van der Waals surface area contributed by atoms with Gasteiger partial charge >= 0.3 is 0 Å². The fraction of sp³-hybridized carbons (Fsp3) is 0.273. The van der Waals surface area contributed by atoms with Gasteiger partial charge in [0.2, 0.25) is 15.9 Å². The molecule has 0 radical (unpaired) electrons. The molecule has 1 aliphatic heterocycles. The highest BCUT2D eigenvalue weighted by Gasteiger charge is 2.33. The van der Waals surface area contributed by atoms with Gasteiger partial charge in [-0.1, -0.05) is 29.8 Å². The largest absolute Gasteiger partial charge is 0.325 e. The van der Waals surface area contributed by atoms with Crippen molar-refractivity contribution >= 4 is 33.2 Å². The predicted octanol–water partition coefficient (Wildman–Crippen LogP) is 3.62. The molecule has 1 atom stereocenters. The molecule has 1 aromatic heterocycles. The summed E-state index contributed by atoms with van der Waals surface area (Å²) in [6.45, 7) is 1.08. The van der Waals surface area contributed by atoms with Gasteiger partial charge in [-0.3, -0.25) is 9.48 Å². The third-order valence-electron chi connectivity index (χ3n) is 5.37. The lowest BCUT2D eigenvalue weighted by Gasteiger charge is -2.31. The first-order valence-electron chi connectivity index (χ1n) is 10.1. The average Bonchev–Trinajstić information content (AvgIpc) is 3.29. The zero-order valence-electron chi connectivity index (χ0n) is 16.8. The molecule has 4 rings (SSSR count). The van der Waals surface area contributed by atoms with E-state index >= 15 is 0 Å². The Bertz CT molecular complexity index is 1150. The van der Waals surface area contributed by atoms with Gasteiger partial charge < -0.3 is 5.32 Å². The van der Waals surface area contributed by atoms with Gasteiger partial charge in [0.15, 0.2) is 0 Å². The molecule has 0 saturated carbocycles. The summed E-state index contributed by atoms with van der Waals surface area (Å²) >= 11 is 5.88. The lowest BCUT2D eigenvalue weighted by Crippen LogP contribution is -2.43. The van der Waals surface area contributed by atoms with Gasteiger partial charge in [-0.25, -0.2) is 8.42 Å². The first-order valence-corrected chi connectivity index (χ1v) is 11.9. The number of carbonyl (C=O) groups is 1. The molecule has 31 heavy (non-hydrogen) atoms. The minimum absolute atomic E-state index is 0.151. The van der Waals surface area contributed by atoms with Crippen molar-refractivity contribution in [3.8, 4) is 0 Å². The highest BCUT2D eigenvalue weighted by molar-refractivity contribution is 7.89. The number of hydrogen-bond acceptors (Lipinski definition) is 4. The number of benzene rings is 2. The Balaban J connectivity index is 1.47. The molecule has 0 spiro atoms. The van der Waals surface area contributed by atoms with Crippen LogP contribution in [0.5, 0.6) is 0 Å². The Hall–Kier alpha value is -2.68. The molecule has 1 aliphatic rings. The third kappa shape index (κ3) is 4.98. The second-order valence-electron chi connectivity index (χ2n) is 7.51. The molecule has 1 saturated heterocycles. The van der Waals surface area contributed by atoms with Crippen LogP contribution in [-0.4, -0.2) is 41.5 Å². The number of nitrogens with zero attached hydrogens (tertiary/aromatic N) is 3. The smallest absolute Gasteiger partial charge is 0.243 e. The number of rotatable bonds is 6. The molecule has 1 unspecified atom stereocenters. The fourth-order valence-electron chi connectivity index (χ4n) is 3.71. The van der Waals surface area contributed by atoms with Gasteiger partial charge in [0.25, 0.3) is 0 Å². The topological polar surface area (TPSA) is 84.3 Å². The van der Waals surface area contributed by atoms with Crippen molar-refractivity contribution in [2.75, 3.05) is 18.4 Å². The maximum absolute atomic E-state index is 13.0. The second kappa shape index (κ2) is 9.21. The summed E-state index contributed by atoms with van der Waals surface area (Å²) in [5.74, 6) is -0.600. The van der Waals surface area contributed by atoms with Gasteiger partial charge in [0, 0.05) is 36.2 Å². The van der Waals surface area contributed by atoms with E-state index in [4.69, 9.17) is 11.6 Å². The van der Waals surface area contributed by atoms with Crippen molar-refractivity contribution in [3.63, 3.8) is 0 Å². The number of aromatic nitrogens is 2. The van der Waals surface area contributed by atoms with Crippen LogP contribution in [-0.2, 0) is 21.4 Å². The van der Waals surface area contributed by atoms with Gasteiger partial charge in [-0.15, -0.1) is 0 Å². The van der Waals surface area contributed by atoms with Crippen LogP contribution in [0.15, 0.2) is 71.9 Å². The molecule has 3 aromatic rings. The average molecular weight is 459 g/mol. The summed E-state index contributed by atoms with van der Waals surface area (Å²) < 4.78 is 29.2. The lowest BCUT2D eigenvalue weighted by molar-refractivity contribution is -0.120. The number of halogens is 1. The lowest BCUT2D eigenvalue weighted by atomic mass is 9.98. The van der Waals surface area contributed by atoms with Crippen LogP contribution >= 0.6 is 11.6 Å². The van der Waals surface area contributed by atoms with E-state index < -0.39 is 15.9 Å². The molecule has 0 aliphatic carbocycles.